The van der Waals surface area contributed by atoms with Crippen LogP contribution in [0, 0.1) is 29.6 Å². The maximum absolute atomic E-state index is 13.5. The lowest BCUT2D eigenvalue weighted by atomic mass is 9.74. The van der Waals surface area contributed by atoms with Gasteiger partial charge < -0.3 is 19.3 Å². The Kier molecular flexibility index (Phi) is 14.0. The highest BCUT2D eigenvalue weighted by atomic mass is 19.3. The SMILES string of the molecule is O=C(OCCF)C1C2CC(C3CCCC32)C1OCOCCCCCCOOCCCC(F)C(F)OC(F)(F)C(O)(F)F. The smallest absolute Gasteiger partial charge is 0.450 e. The van der Waals surface area contributed by atoms with Gasteiger partial charge in [-0.25, -0.2) is 22.9 Å². The fourth-order valence-corrected chi connectivity index (χ4v) is 6.59. The Morgan fingerprint density at radius 1 is 0.857 bits per heavy atom. The topological polar surface area (TPSA) is 92.7 Å². The molecule has 2 bridgehead atoms. The lowest BCUT2D eigenvalue weighted by molar-refractivity contribution is -0.439. The Morgan fingerprint density at radius 2 is 1.50 bits per heavy atom. The molecule has 0 aromatic heterocycles. The highest BCUT2D eigenvalue weighted by Crippen LogP contribution is 2.62. The molecule has 0 amide bonds. The minimum atomic E-state index is -5.65. The second-order valence-corrected chi connectivity index (χ2v) is 11.1. The summed E-state index contributed by atoms with van der Waals surface area (Å²) < 4.78 is 109. The maximum atomic E-state index is 13.5. The standard InChI is InChI=1S/C27H41F7O8/c28-10-14-38-25(35)22-19-15-20(18-8-5-7-17(18)19)23(22)39-16-37-11-3-1-2-4-12-40-41-13-6-9-21(29)24(30)42-27(33,34)26(31,32)36/h17-24,36H,1-16H2. The fourth-order valence-electron chi connectivity index (χ4n) is 6.59. The van der Waals surface area contributed by atoms with E-state index in [1.54, 1.807) is 0 Å². The molecule has 0 radical (unpaired) electrons. The van der Waals surface area contributed by atoms with Crippen LogP contribution in [0.5, 0.6) is 0 Å². The van der Waals surface area contributed by atoms with Crippen LogP contribution < -0.4 is 0 Å². The Bertz CT molecular complexity index is 805. The van der Waals surface area contributed by atoms with Gasteiger partial charge >= 0.3 is 18.2 Å². The summed E-state index contributed by atoms with van der Waals surface area (Å²) in [6, 6.07) is 0. The number of halogens is 7. The molecule has 0 saturated heterocycles. The molecule has 0 aromatic rings. The summed E-state index contributed by atoms with van der Waals surface area (Å²) in [6.45, 7) is -0.369. The molecule has 42 heavy (non-hydrogen) atoms. The highest BCUT2D eigenvalue weighted by molar-refractivity contribution is 5.74. The van der Waals surface area contributed by atoms with Crippen LogP contribution in [0.15, 0.2) is 0 Å². The number of hydrogen-bond donors (Lipinski definition) is 1. The van der Waals surface area contributed by atoms with Crippen molar-refractivity contribution < 1.29 is 69.4 Å². The number of unbranched alkanes of at least 4 members (excludes halogenated alkanes) is 3. The third-order valence-corrected chi connectivity index (χ3v) is 8.40. The summed E-state index contributed by atoms with van der Waals surface area (Å²) in [5.74, 6) is 0.922. The van der Waals surface area contributed by atoms with Crippen molar-refractivity contribution in [3.05, 3.63) is 0 Å². The molecule has 8 atom stereocenters. The zero-order valence-corrected chi connectivity index (χ0v) is 23.4. The van der Waals surface area contributed by atoms with E-state index in [4.69, 9.17) is 29.1 Å². The van der Waals surface area contributed by atoms with Crippen molar-refractivity contribution in [3.63, 3.8) is 0 Å². The number of fused-ring (bicyclic) bond motifs is 5. The number of esters is 1. The van der Waals surface area contributed by atoms with Crippen molar-refractivity contribution in [2.75, 3.05) is 39.9 Å². The van der Waals surface area contributed by atoms with Crippen LogP contribution in [0.4, 0.5) is 30.7 Å². The number of rotatable bonds is 22. The van der Waals surface area contributed by atoms with E-state index in [1.807, 2.05) is 0 Å². The quantitative estimate of drug-likeness (QED) is 0.0412. The summed E-state index contributed by atoms with van der Waals surface area (Å²) in [5.41, 5.74) is 0. The highest BCUT2D eigenvalue weighted by Gasteiger charge is 2.62. The zero-order valence-electron chi connectivity index (χ0n) is 23.4. The first-order valence-corrected chi connectivity index (χ1v) is 14.6. The predicted molar refractivity (Wildman–Crippen MR) is 131 cm³/mol. The first-order chi connectivity index (χ1) is 20.0. The molecule has 0 heterocycles. The van der Waals surface area contributed by atoms with Crippen molar-refractivity contribution in [3.8, 4) is 0 Å². The van der Waals surface area contributed by atoms with Gasteiger partial charge in [-0.1, -0.05) is 19.3 Å². The molecule has 3 fully saturated rings. The first-order valence-electron chi connectivity index (χ1n) is 14.6. The minimum Gasteiger partial charge on any atom is -0.463 e. The third-order valence-electron chi connectivity index (χ3n) is 8.40. The van der Waals surface area contributed by atoms with Crippen molar-refractivity contribution in [1.82, 2.24) is 0 Å². The van der Waals surface area contributed by atoms with Crippen LogP contribution in [0.2, 0.25) is 0 Å². The molecule has 0 aromatic carbocycles. The molecule has 8 unspecified atom stereocenters. The molecule has 0 spiro atoms. The van der Waals surface area contributed by atoms with Gasteiger partial charge in [0.15, 0.2) is 6.17 Å². The van der Waals surface area contributed by atoms with Gasteiger partial charge in [-0.3, -0.25) is 9.53 Å². The number of hydrogen-bond acceptors (Lipinski definition) is 8. The molecule has 1 N–H and O–H groups in total. The number of ether oxygens (including phenoxy) is 4. The summed E-state index contributed by atoms with van der Waals surface area (Å²) in [6.07, 6.45) is -10.9. The molecule has 3 aliphatic rings. The lowest BCUT2D eigenvalue weighted by Crippen LogP contribution is -2.45. The Balaban J connectivity index is 1.16. The van der Waals surface area contributed by atoms with Gasteiger partial charge in [0.2, 0.25) is 6.36 Å². The molecular weight excluding hydrogens is 585 g/mol. The maximum Gasteiger partial charge on any atom is 0.450 e. The van der Waals surface area contributed by atoms with Gasteiger partial charge in [0.25, 0.3) is 0 Å². The van der Waals surface area contributed by atoms with E-state index >= 15 is 0 Å². The molecule has 3 rings (SSSR count). The van der Waals surface area contributed by atoms with Gasteiger partial charge in [0.1, 0.15) is 20.1 Å². The molecular formula is C27H41F7O8. The van der Waals surface area contributed by atoms with Crippen LogP contribution in [-0.4, -0.2) is 81.8 Å². The molecule has 8 nitrogen and oxygen atoms in total. The number of aliphatic hydroxyl groups is 1. The third kappa shape index (κ3) is 9.62. The fraction of sp³-hybridized carbons (Fsp3) is 0.963. The minimum absolute atomic E-state index is 0.0699. The van der Waals surface area contributed by atoms with E-state index in [0.29, 0.717) is 30.8 Å². The van der Waals surface area contributed by atoms with E-state index in [2.05, 4.69) is 4.74 Å². The van der Waals surface area contributed by atoms with Crippen LogP contribution in [-0.2, 0) is 33.5 Å². The van der Waals surface area contributed by atoms with Gasteiger partial charge in [0.05, 0.1) is 25.2 Å². The lowest BCUT2D eigenvalue weighted by Gasteiger charge is -2.36. The summed E-state index contributed by atoms with van der Waals surface area (Å²) in [5, 5.41) is 7.93. The molecule has 3 saturated carbocycles. The van der Waals surface area contributed by atoms with Gasteiger partial charge in [-0.2, -0.15) is 17.6 Å². The van der Waals surface area contributed by atoms with Gasteiger partial charge in [-0.05, 0) is 68.6 Å². The van der Waals surface area contributed by atoms with Crippen LogP contribution in [0.3, 0.4) is 0 Å². The van der Waals surface area contributed by atoms with Crippen molar-refractivity contribution in [1.29, 1.82) is 0 Å². The monoisotopic (exact) mass is 626 g/mol. The Morgan fingerprint density at radius 3 is 2.17 bits per heavy atom. The average molecular weight is 627 g/mol. The van der Waals surface area contributed by atoms with Crippen LogP contribution in [0.25, 0.3) is 0 Å². The van der Waals surface area contributed by atoms with Crippen LogP contribution >= 0.6 is 0 Å². The second-order valence-electron chi connectivity index (χ2n) is 11.1. The molecule has 15 heteroatoms. The van der Waals surface area contributed by atoms with E-state index in [-0.39, 0.29) is 56.9 Å². The average Bonchev–Trinajstić information content (AvgIpc) is 3.64. The largest absolute Gasteiger partial charge is 0.463 e. The summed E-state index contributed by atoms with van der Waals surface area (Å²) in [4.78, 5) is 22.3. The number of carbonyl (C=O) groups is 1. The normalized spacial score (nSPS) is 28.7. The summed E-state index contributed by atoms with van der Waals surface area (Å²) >= 11 is 0. The van der Waals surface area contributed by atoms with Gasteiger partial charge in [-0.15, -0.1) is 0 Å². The Labute approximate surface area is 240 Å². The van der Waals surface area contributed by atoms with E-state index in [9.17, 15) is 35.5 Å². The molecule has 246 valence electrons. The Hall–Kier alpha value is -1.26. The van der Waals surface area contributed by atoms with Crippen molar-refractivity contribution in [2.24, 2.45) is 29.6 Å². The second kappa shape index (κ2) is 16.7. The van der Waals surface area contributed by atoms with E-state index in [1.165, 1.54) is 0 Å². The van der Waals surface area contributed by atoms with E-state index < -0.39 is 37.8 Å². The first kappa shape index (κ1) is 35.2. The number of alkyl halides is 7. The molecule has 0 aliphatic heterocycles. The molecule has 3 aliphatic carbocycles. The zero-order chi connectivity index (χ0) is 30.8. The number of carbonyl (C=O) groups excluding carboxylic acids is 1. The predicted octanol–water partition coefficient (Wildman–Crippen LogP) is 5.66. The van der Waals surface area contributed by atoms with Crippen LogP contribution in [0.1, 0.15) is 64.2 Å². The van der Waals surface area contributed by atoms with E-state index in [0.717, 1.165) is 44.9 Å². The van der Waals surface area contributed by atoms with Crippen molar-refractivity contribution in [2.45, 2.75) is 95.1 Å². The summed E-state index contributed by atoms with van der Waals surface area (Å²) in [7, 11) is 0. The van der Waals surface area contributed by atoms with Gasteiger partial charge in [0, 0.05) is 6.61 Å². The van der Waals surface area contributed by atoms with Crippen molar-refractivity contribution >= 4 is 5.97 Å².